The van der Waals surface area contributed by atoms with Gasteiger partial charge in [-0.25, -0.2) is 4.98 Å². The van der Waals surface area contributed by atoms with E-state index in [1.54, 1.807) is 12.1 Å². The summed E-state index contributed by atoms with van der Waals surface area (Å²) in [5, 5.41) is 14.2. The number of rotatable bonds is 5. The van der Waals surface area contributed by atoms with Crippen molar-refractivity contribution in [1.82, 2.24) is 4.98 Å². The zero-order valence-corrected chi connectivity index (χ0v) is 15.5. The Morgan fingerprint density at radius 2 is 1.85 bits per heavy atom. The quantitative estimate of drug-likeness (QED) is 0.696. The molecule has 0 radical (unpaired) electrons. The summed E-state index contributed by atoms with van der Waals surface area (Å²) in [5.41, 5.74) is 4.57. The summed E-state index contributed by atoms with van der Waals surface area (Å²) in [6.45, 7) is 4.30. The number of carbonyl (C=O) groups is 1. The highest BCUT2D eigenvalue weighted by Crippen LogP contribution is 2.25. The molecule has 5 heteroatoms. The Balaban J connectivity index is 1.63. The van der Waals surface area contributed by atoms with E-state index in [1.165, 1.54) is 16.9 Å². The fourth-order valence-corrected chi connectivity index (χ4v) is 3.28. The van der Waals surface area contributed by atoms with Crippen LogP contribution in [0.3, 0.4) is 0 Å². The highest BCUT2D eigenvalue weighted by Gasteiger charge is 2.09. The van der Waals surface area contributed by atoms with Crippen molar-refractivity contribution < 1.29 is 4.79 Å². The highest BCUT2D eigenvalue weighted by atomic mass is 32.1. The van der Waals surface area contributed by atoms with Crippen LogP contribution >= 0.6 is 11.3 Å². The van der Waals surface area contributed by atoms with Crippen LogP contribution < -0.4 is 5.32 Å². The van der Waals surface area contributed by atoms with Crippen LogP contribution in [0.5, 0.6) is 0 Å². The number of aromatic nitrogens is 1. The molecule has 3 aromatic rings. The van der Waals surface area contributed by atoms with E-state index in [0.717, 1.165) is 16.8 Å². The zero-order chi connectivity index (χ0) is 18.5. The molecule has 0 spiro atoms. The molecule has 2 aromatic carbocycles. The maximum Gasteiger partial charge on any atom is 0.230 e. The first-order chi connectivity index (χ1) is 12.5. The maximum atomic E-state index is 12.2. The van der Waals surface area contributed by atoms with E-state index < -0.39 is 0 Å². The molecule has 0 saturated carbocycles. The van der Waals surface area contributed by atoms with Gasteiger partial charge in [0.15, 0.2) is 5.13 Å². The van der Waals surface area contributed by atoms with Crippen LogP contribution in [0.15, 0.2) is 53.9 Å². The minimum Gasteiger partial charge on any atom is -0.302 e. The van der Waals surface area contributed by atoms with Crippen LogP contribution in [0.1, 0.15) is 36.5 Å². The Kier molecular flexibility index (Phi) is 5.45. The predicted molar refractivity (Wildman–Crippen MR) is 105 cm³/mol. The third kappa shape index (κ3) is 4.35. The molecule has 0 aliphatic rings. The van der Waals surface area contributed by atoms with Gasteiger partial charge in [0, 0.05) is 10.9 Å². The number of amides is 1. The largest absolute Gasteiger partial charge is 0.302 e. The standard InChI is InChI=1S/C21H19N3OS/c1-14(2)17-7-3-15(4-8-17)11-20(25)24-21-23-19(13-26-21)18-9-5-16(12-22)6-10-18/h3-10,13-14H,11H2,1-2H3,(H,23,24,25). The van der Waals surface area contributed by atoms with Gasteiger partial charge in [-0.15, -0.1) is 11.3 Å². The molecule has 130 valence electrons. The normalized spacial score (nSPS) is 10.5. The predicted octanol–water partition coefficient (Wildman–Crippen LogP) is 4.99. The number of hydrogen-bond donors (Lipinski definition) is 1. The fourth-order valence-electron chi connectivity index (χ4n) is 2.55. The lowest BCUT2D eigenvalue weighted by Gasteiger charge is -2.06. The van der Waals surface area contributed by atoms with Gasteiger partial charge in [0.05, 0.1) is 23.7 Å². The second-order valence-electron chi connectivity index (χ2n) is 6.35. The molecule has 0 atom stereocenters. The number of nitriles is 1. The summed E-state index contributed by atoms with van der Waals surface area (Å²) in [5.74, 6) is 0.400. The first kappa shape index (κ1) is 17.8. The summed E-state index contributed by atoms with van der Waals surface area (Å²) < 4.78 is 0. The van der Waals surface area contributed by atoms with E-state index in [1.807, 2.05) is 29.6 Å². The van der Waals surface area contributed by atoms with Crippen molar-refractivity contribution in [3.05, 3.63) is 70.6 Å². The smallest absolute Gasteiger partial charge is 0.230 e. The summed E-state index contributed by atoms with van der Waals surface area (Å²) in [4.78, 5) is 16.7. The van der Waals surface area contributed by atoms with Crippen LogP contribution in [0, 0.1) is 11.3 Å². The maximum absolute atomic E-state index is 12.2. The molecule has 1 amide bonds. The number of nitrogens with zero attached hydrogens (tertiary/aromatic N) is 2. The molecule has 0 fully saturated rings. The number of hydrogen-bond acceptors (Lipinski definition) is 4. The molecular weight excluding hydrogens is 342 g/mol. The third-order valence-corrected chi connectivity index (χ3v) is 4.83. The van der Waals surface area contributed by atoms with Crippen LogP contribution in [0.2, 0.25) is 0 Å². The summed E-state index contributed by atoms with van der Waals surface area (Å²) in [6, 6.07) is 17.5. The molecule has 26 heavy (non-hydrogen) atoms. The minimum absolute atomic E-state index is 0.0805. The Hall–Kier alpha value is -2.97. The topological polar surface area (TPSA) is 65.8 Å². The lowest BCUT2D eigenvalue weighted by molar-refractivity contribution is -0.115. The summed E-state index contributed by atoms with van der Waals surface area (Å²) in [6.07, 6.45) is 0.324. The van der Waals surface area contributed by atoms with Gasteiger partial charge >= 0.3 is 0 Å². The number of thiazole rings is 1. The van der Waals surface area contributed by atoms with Crippen LogP contribution in [-0.4, -0.2) is 10.9 Å². The Labute approximate surface area is 157 Å². The van der Waals surface area contributed by atoms with Crippen molar-refractivity contribution in [2.75, 3.05) is 5.32 Å². The lowest BCUT2D eigenvalue weighted by atomic mass is 10.0. The molecule has 0 aliphatic heterocycles. The number of benzene rings is 2. The summed E-state index contributed by atoms with van der Waals surface area (Å²) >= 11 is 1.39. The molecule has 1 N–H and O–H groups in total. The molecule has 1 aromatic heterocycles. The van der Waals surface area contributed by atoms with E-state index in [4.69, 9.17) is 5.26 Å². The first-order valence-corrected chi connectivity index (χ1v) is 9.28. The molecule has 1 heterocycles. The average Bonchev–Trinajstić information content (AvgIpc) is 3.10. The Morgan fingerprint density at radius 1 is 1.15 bits per heavy atom. The fraction of sp³-hybridized carbons (Fsp3) is 0.190. The average molecular weight is 361 g/mol. The van der Waals surface area contributed by atoms with Crippen molar-refractivity contribution in [2.45, 2.75) is 26.2 Å². The van der Waals surface area contributed by atoms with Crippen LogP contribution in [-0.2, 0) is 11.2 Å². The van der Waals surface area contributed by atoms with E-state index >= 15 is 0 Å². The van der Waals surface area contributed by atoms with Crippen molar-refractivity contribution >= 4 is 22.4 Å². The first-order valence-electron chi connectivity index (χ1n) is 8.40. The Morgan fingerprint density at radius 3 is 2.46 bits per heavy atom. The molecule has 0 unspecified atom stereocenters. The van der Waals surface area contributed by atoms with Gasteiger partial charge in [0.1, 0.15) is 0 Å². The second kappa shape index (κ2) is 7.94. The zero-order valence-electron chi connectivity index (χ0n) is 14.7. The van der Waals surface area contributed by atoms with Crippen molar-refractivity contribution in [3.63, 3.8) is 0 Å². The number of nitrogens with one attached hydrogen (secondary N) is 1. The van der Waals surface area contributed by atoms with Crippen molar-refractivity contribution in [3.8, 4) is 17.3 Å². The van der Waals surface area contributed by atoms with Gasteiger partial charge in [0.2, 0.25) is 5.91 Å². The molecule has 4 nitrogen and oxygen atoms in total. The monoisotopic (exact) mass is 361 g/mol. The highest BCUT2D eigenvalue weighted by molar-refractivity contribution is 7.14. The SMILES string of the molecule is CC(C)c1ccc(CC(=O)Nc2nc(-c3ccc(C#N)cc3)cs2)cc1. The molecule has 3 rings (SSSR count). The second-order valence-corrected chi connectivity index (χ2v) is 7.21. The minimum atomic E-state index is -0.0805. The van der Waals surface area contributed by atoms with Gasteiger partial charge in [-0.05, 0) is 29.2 Å². The van der Waals surface area contributed by atoms with Crippen molar-refractivity contribution in [2.24, 2.45) is 0 Å². The van der Waals surface area contributed by atoms with Crippen LogP contribution in [0.25, 0.3) is 11.3 Å². The van der Waals surface area contributed by atoms with Crippen molar-refractivity contribution in [1.29, 1.82) is 5.26 Å². The van der Waals surface area contributed by atoms with Gasteiger partial charge in [-0.3, -0.25) is 4.79 Å². The Bertz CT molecular complexity index is 935. The van der Waals surface area contributed by atoms with E-state index in [-0.39, 0.29) is 5.91 Å². The van der Waals surface area contributed by atoms with Gasteiger partial charge in [0.25, 0.3) is 0 Å². The summed E-state index contributed by atoms with van der Waals surface area (Å²) in [7, 11) is 0. The van der Waals surface area contributed by atoms with Gasteiger partial charge in [-0.2, -0.15) is 5.26 Å². The third-order valence-electron chi connectivity index (χ3n) is 4.07. The molecule has 0 aliphatic carbocycles. The van der Waals surface area contributed by atoms with E-state index in [9.17, 15) is 4.79 Å². The van der Waals surface area contributed by atoms with E-state index in [0.29, 0.717) is 23.0 Å². The number of carbonyl (C=O) groups excluding carboxylic acids is 1. The van der Waals surface area contributed by atoms with Gasteiger partial charge in [-0.1, -0.05) is 50.2 Å². The molecule has 0 bridgehead atoms. The molecule has 0 saturated heterocycles. The van der Waals surface area contributed by atoms with E-state index in [2.05, 4.69) is 42.4 Å². The molecular formula is C21H19N3OS. The van der Waals surface area contributed by atoms with Gasteiger partial charge < -0.3 is 5.32 Å². The number of anilines is 1. The lowest BCUT2D eigenvalue weighted by Crippen LogP contribution is -2.14. The van der Waals surface area contributed by atoms with Crippen LogP contribution in [0.4, 0.5) is 5.13 Å².